The number of hydrogen-bond acceptors (Lipinski definition) is 2. The van der Waals surface area contributed by atoms with E-state index in [2.05, 4.69) is 142 Å². The van der Waals surface area contributed by atoms with Gasteiger partial charge in [0.05, 0.1) is 0 Å². The van der Waals surface area contributed by atoms with Gasteiger partial charge >= 0.3 is 222 Å². The fourth-order valence-electron chi connectivity index (χ4n) is 2.41. The van der Waals surface area contributed by atoms with Gasteiger partial charge in [-0.2, -0.15) is 0 Å². The Morgan fingerprint density at radius 2 is 0.828 bits per heavy atom. The van der Waals surface area contributed by atoms with Crippen molar-refractivity contribution in [3.8, 4) is 0 Å². The maximum absolute atomic E-state index is 6.03. The predicted molar refractivity (Wildman–Crippen MR) is 145 cm³/mol. The van der Waals surface area contributed by atoms with Gasteiger partial charge in [0.2, 0.25) is 0 Å². The summed E-state index contributed by atoms with van der Waals surface area (Å²) in [6.45, 7) is 29.9. The second-order valence-electron chi connectivity index (χ2n) is 10.5. The summed E-state index contributed by atoms with van der Waals surface area (Å²) < 4.78 is 12.1. The van der Waals surface area contributed by atoms with Crippen LogP contribution in [-0.2, 0) is 7.53 Å². The van der Waals surface area contributed by atoms with Gasteiger partial charge in [-0.1, -0.05) is 0 Å². The van der Waals surface area contributed by atoms with Crippen molar-refractivity contribution in [3.63, 3.8) is 0 Å². The first-order valence-electron chi connectivity index (χ1n) is 10.2. The Bertz CT molecular complexity index is 354. The van der Waals surface area contributed by atoms with Gasteiger partial charge in [-0.3, -0.25) is 0 Å². The summed E-state index contributed by atoms with van der Waals surface area (Å²) in [6.07, 6.45) is 0. The van der Waals surface area contributed by atoms with E-state index in [4.69, 9.17) is 7.53 Å². The number of rotatable bonds is 8. The zero-order valence-corrected chi connectivity index (χ0v) is 35.0. The summed E-state index contributed by atoms with van der Waals surface area (Å²) in [5.41, 5.74) is -1.23. The largest absolute Gasteiger partial charge is 0 e. The fraction of sp³-hybridized carbons (Fsp3) is 1.00. The van der Waals surface area contributed by atoms with Crippen LogP contribution >= 0.6 is 0 Å². The molecule has 9 heteroatoms. The van der Waals surface area contributed by atoms with E-state index in [1.807, 2.05) is 0 Å². The molecule has 0 saturated carbocycles. The molecule has 0 N–H and O–H groups in total. The maximum atomic E-state index is 6.03. The summed E-state index contributed by atoms with van der Waals surface area (Å²) in [6, 6.07) is 0. The fourth-order valence-corrected chi connectivity index (χ4v) is 5.40. The third kappa shape index (κ3) is 27.9. The summed E-state index contributed by atoms with van der Waals surface area (Å²) in [7, 11) is 0. The topological polar surface area (TPSA) is 18.5 Å². The van der Waals surface area contributed by atoms with Crippen LogP contribution in [0.5, 0.6) is 0 Å². The molecule has 0 aromatic rings. The quantitative estimate of drug-likeness (QED) is 0.304. The molecule has 0 amide bonds. The average molecular weight is 905 g/mol. The molecule has 0 aliphatic rings. The van der Waals surface area contributed by atoms with Gasteiger partial charge in [-0.25, -0.2) is 0 Å². The minimum absolute atomic E-state index is 0. The first kappa shape index (κ1) is 40.0. The maximum Gasteiger partial charge on any atom is 0 e. The van der Waals surface area contributed by atoms with E-state index in [9.17, 15) is 0 Å². The Kier molecular flexibility index (Phi) is 25.0. The molecule has 0 aliphatic heterocycles. The molecule has 0 heterocycles. The average Bonchev–Trinajstić information content (AvgIpc) is 2.41. The zero-order valence-electron chi connectivity index (χ0n) is 21.8. The molecule has 2 atom stereocenters. The molecule has 0 bridgehead atoms. The van der Waals surface area contributed by atoms with Crippen LogP contribution in [0.25, 0.3) is 0 Å². The van der Waals surface area contributed by atoms with Crippen LogP contribution in [0.3, 0.4) is 0 Å². The van der Waals surface area contributed by atoms with Crippen molar-refractivity contribution < 1.29 is 7.53 Å². The van der Waals surface area contributed by atoms with Crippen molar-refractivity contribution >= 4 is 109 Å². The molecule has 0 saturated heterocycles. The third-order valence-corrected chi connectivity index (χ3v) is 7.56. The third-order valence-electron chi connectivity index (χ3n) is 4.50. The van der Waals surface area contributed by atoms with Crippen LogP contribution in [-0.4, -0.2) is 121 Å². The molecule has 2 unspecified atom stereocenters. The van der Waals surface area contributed by atoms with Crippen LogP contribution in [0.15, 0.2) is 0 Å². The first-order valence-corrected chi connectivity index (χ1v) is 29.9. The Labute approximate surface area is 242 Å². The molecule has 0 aromatic carbocycles. The van der Waals surface area contributed by atoms with Crippen molar-refractivity contribution in [3.05, 3.63) is 0 Å². The van der Waals surface area contributed by atoms with E-state index >= 15 is 0 Å². The van der Waals surface area contributed by atoms with E-state index in [1.54, 1.807) is 0 Å². The smallest absolute Gasteiger partial charge is 0 e. The monoisotopic (exact) mass is 914 g/mol. The Morgan fingerprint density at radius 3 is 0.966 bits per heavy atom. The summed E-state index contributed by atoms with van der Waals surface area (Å²) in [4.78, 5) is 0. The predicted octanol–water partition coefficient (Wildman–Crippen LogP) is 5.42. The summed E-state index contributed by atoms with van der Waals surface area (Å²) >= 11 is 4.04. The minimum atomic E-state index is -0.601. The second kappa shape index (κ2) is 18.1. The Morgan fingerprint density at radius 1 is 0.655 bits per heavy atom. The number of hydrogen-bond donors (Lipinski definition) is 0. The molecule has 0 aliphatic carbocycles. The molecule has 8 radical (unpaired) electrons. The van der Waals surface area contributed by atoms with Crippen LogP contribution in [0.4, 0.5) is 0 Å². The molecule has 0 fully saturated rings. The SMILES string of the molecule is C[Si](C)(C)[Te].C[Si](C)(C)[Te].[CH3][Ge][O]C(C)(C)C(C)C(C)C(C)C(C)(C)[O][Ge][CH3].[Te]. The van der Waals surface area contributed by atoms with Crippen molar-refractivity contribution in [2.24, 2.45) is 17.8 Å². The molecule has 174 valence electrons. The van der Waals surface area contributed by atoms with Gasteiger partial charge in [0.15, 0.2) is 0 Å². The molecule has 0 rings (SSSR count). The van der Waals surface area contributed by atoms with Crippen molar-refractivity contribution in [2.75, 3.05) is 0 Å². The summed E-state index contributed by atoms with van der Waals surface area (Å²) in [5, 5.41) is 0. The zero-order chi connectivity index (χ0) is 23.6. The minimum Gasteiger partial charge on any atom is 0 e. The van der Waals surface area contributed by atoms with Gasteiger partial charge in [0, 0.05) is 23.7 Å². The van der Waals surface area contributed by atoms with Crippen LogP contribution in [0.1, 0.15) is 48.5 Å². The standard InChI is InChI=1S/C14H30Ge2O2.2C3H9SiTe.Te/c1-10(11(2)13(4,5)17-15-8)12(3)14(6,7)18-16-9;2*1-4(2,3)5;/h10-12H,1-9H3;2*1-3H3;. The van der Waals surface area contributed by atoms with Gasteiger partial charge in [0.1, 0.15) is 0 Å². The van der Waals surface area contributed by atoms with Gasteiger partial charge in [-0.05, 0) is 0 Å². The van der Waals surface area contributed by atoms with E-state index < -0.39 is 11.2 Å². The molecule has 0 aromatic heterocycles. The first-order chi connectivity index (χ1) is 12.1. The van der Waals surface area contributed by atoms with E-state index in [-0.39, 0.29) is 66.4 Å². The van der Waals surface area contributed by atoms with E-state index in [1.165, 1.54) is 0 Å². The molecule has 2 nitrogen and oxygen atoms in total. The van der Waals surface area contributed by atoms with Crippen LogP contribution in [0.2, 0.25) is 50.8 Å². The van der Waals surface area contributed by atoms with Gasteiger partial charge < -0.3 is 0 Å². The summed E-state index contributed by atoms with van der Waals surface area (Å²) in [5.74, 6) is 6.05. The van der Waals surface area contributed by atoms with Gasteiger partial charge in [-0.15, -0.1) is 0 Å². The van der Waals surface area contributed by atoms with Crippen LogP contribution < -0.4 is 0 Å². The van der Waals surface area contributed by atoms with Gasteiger partial charge in [0.25, 0.3) is 0 Å². The van der Waals surface area contributed by atoms with E-state index in [0.29, 0.717) is 17.8 Å². The molecular formula is C20H48Ge2O2Si2Te3. The van der Waals surface area contributed by atoms with Crippen molar-refractivity contribution in [1.82, 2.24) is 0 Å². The Hall–Kier alpha value is 3.81. The Balaban J connectivity index is -0.000000235. The molecule has 29 heavy (non-hydrogen) atoms. The molecular weight excluding hydrogens is 856 g/mol. The van der Waals surface area contributed by atoms with Crippen LogP contribution in [0, 0.1) is 17.8 Å². The van der Waals surface area contributed by atoms with Crippen molar-refractivity contribution in [1.29, 1.82) is 0 Å². The molecule has 0 spiro atoms. The van der Waals surface area contributed by atoms with Crippen molar-refractivity contribution in [2.45, 2.75) is 110 Å². The second-order valence-corrected chi connectivity index (χ2v) is 42.5. The normalized spacial score (nSPS) is 15.6. The van der Waals surface area contributed by atoms with E-state index in [0.717, 1.165) is 0 Å².